The molecule has 2 nitrogen and oxygen atoms in total. The molecule has 13 heavy (non-hydrogen) atoms. The average Bonchev–Trinajstić information content (AvgIpc) is 2.12. The van der Waals surface area contributed by atoms with Gasteiger partial charge in [-0.15, -0.1) is 0 Å². The lowest BCUT2D eigenvalue weighted by Crippen LogP contribution is -2.44. The van der Waals surface area contributed by atoms with Crippen LogP contribution in [-0.4, -0.2) is 23.8 Å². The number of aliphatic hydroxyl groups excluding tert-OH is 1. The molecule has 0 spiro atoms. The molecular weight excluding hydrogens is 162 g/mol. The van der Waals surface area contributed by atoms with E-state index in [1.165, 1.54) is 38.5 Å². The van der Waals surface area contributed by atoms with Crippen LogP contribution >= 0.6 is 0 Å². The maximum Gasteiger partial charge on any atom is 0.0695 e. The highest BCUT2D eigenvalue weighted by molar-refractivity contribution is 4.83. The second-order valence-electron chi connectivity index (χ2n) is 4.66. The molecule has 2 aliphatic rings. The monoisotopic (exact) mass is 183 g/mol. The van der Waals surface area contributed by atoms with Gasteiger partial charge in [-0.05, 0) is 31.7 Å². The van der Waals surface area contributed by atoms with Gasteiger partial charge in [-0.1, -0.05) is 25.7 Å². The summed E-state index contributed by atoms with van der Waals surface area (Å²) in [5, 5.41) is 13.4. The summed E-state index contributed by atoms with van der Waals surface area (Å²) in [5.41, 5.74) is 0. The number of aliphatic hydroxyl groups is 1. The van der Waals surface area contributed by atoms with Crippen LogP contribution in [0, 0.1) is 5.92 Å². The Morgan fingerprint density at radius 1 is 1.15 bits per heavy atom. The van der Waals surface area contributed by atoms with E-state index in [2.05, 4.69) is 5.32 Å². The van der Waals surface area contributed by atoms with Crippen LogP contribution in [0.4, 0.5) is 0 Å². The summed E-state index contributed by atoms with van der Waals surface area (Å²) >= 11 is 0. The molecule has 0 aromatic heterocycles. The molecule has 2 heteroatoms. The fourth-order valence-electron chi connectivity index (χ4n) is 2.44. The summed E-state index contributed by atoms with van der Waals surface area (Å²) in [4.78, 5) is 0. The van der Waals surface area contributed by atoms with Crippen molar-refractivity contribution in [2.75, 3.05) is 6.54 Å². The van der Waals surface area contributed by atoms with Crippen molar-refractivity contribution in [3.05, 3.63) is 0 Å². The lowest BCUT2D eigenvalue weighted by Gasteiger charge is -2.33. The first-order valence-electron chi connectivity index (χ1n) is 5.78. The predicted molar refractivity (Wildman–Crippen MR) is 53.6 cm³/mol. The molecule has 1 aliphatic heterocycles. The molecule has 1 saturated carbocycles. The van der Waals surface area contributed by atoms with Gasteiger partial charge in [0.1, 0.15) is 0 Å². The first kappa shape index (κ1) is 9.47. The first-order valence-corrected chi connectivity index (χ1v) is 5.78. The van der Waals surface area contributed by atoms with Crippen molar-refractivity contribution in [2.45, 2.75) is 57.1 Å². The number of hydrogen-bond donors (Lipinski definition) is 2. The SMILES string of the molecule is OC(CC1CCC1)C1CCCCN1. The Labute approximate surface area is 80.7 Å². The third-order valence-corrected chi connectivity index (χ3v) is 3.61. The van der Waals surface area contributed by atoms with Crippen molar-refractivity contribution in [1.82, 2.24) is 5.32 Å². The van der Waals surface area contributed by atoms with Gasteiger partial charge >= 0.3 is 0 Å². The fraction of sp³-hybridized carbons (Fsp3) is 1.00. The van der Waals surface area contributed by atoms with Gasteiger partial charge in [0, 0.05) is 6.04 Å². The molecule has 1 aliphatic carbocycles. The molecule has 1 saturated heterocycles. The number of rotatable bonds is 3. The normalized spacial score (nSPS) is 32.5. The van der Waals surface area contributed by atoms with E-state index in [4.69, 9.17) is 0 Å². The minimum atomic E-state index is -0.0781. The van der Waals surface area contributed by atoms with E-state index in [1.54, 1.807) is 0 Å². The number of hydrogen-bond acceptors (Lipinski definition) is 2. The lowest BCUT2D eigenvalue weighted by molar-refractivity contribution is 0.0722. The molecule has 76 valence electrons. The fourth-order valence-corrected chi connectivity index (χ4v) is 2.44. The molecule has 0 bridgehead atoms. The zero-order valence-corrected chi connectivity index (χ0v) is 8.34. The maximum atomic E-state index is 9.95. The summed E-state index contributed by atoms with van der Waals surface area (Å²) in [5.74, 6) is 0.832. The standard InChI is InChI=1S/C11H21NO/c13-11(8-9-4-3-5-9)10-6-1-2-7-12-10/h9-13H,1-8H2. The van der Waals surface area contributed by atoms with Crippen molar-refractivity contribution in [3.63, 3.8) is 0 Å². The predicted octanol–water partition coefficient (Wildman–Crippen LogP) is 1.68. The topological polar surface area (TPSA) is 32.3 Å². The maximum absolute atomic E-state index is 9.95. The van der Waals surface area contributed by atoms with Crippen LogP contribution in [-0.2, 0) is 0 Å². The minimum absolute atomic E-state index is 0.0781. The third kappa shape index (κ3) is 2.44. The van der Waals surface area contributed by atoms with E-state index in [-0.39, 0.29) is 6.10 Å². The molecule has 2 rings (SSSR count). The third-order valence-electron chi connectivity index (χ3n) is 3.61. The van der Waals surface area contributed by atoms with Gasteiger partial charge in [-0.25, -0.2) is 0 Å². The van der Waals surface area contributed by atoms with Gasteiger partial charge in [-0.3, -0.25) is 0 Å². The van der Waals surface area contributed by atoms with Crippen molar-refractivity contribution < 1.29 is 5.11 Å². The van der Waals surface area contributed by atoms with Crippen molar-refractivity contribution >= 4 is 0 Å². The van der Waals surface area contributed by atoms with Crippen molar-refractivity contribution in [1.29, 1.82) is 0 Å². The molecule has 2 atom stereocenters. The van der Waals surface area contributed by atoms with Gasteiger partial charge < -0.3 is 10.4 Å². The number of nitrogens with one attached hydrogen (secondary N) is 1. The molecule has 0 radical (unpaired) electrons. The van der Waals surface area contributed by atoms with Gasteiger partial charge in [-0.2, -0.15) is 0 Å². The molecular formula is C11H21NO. The average molecular weight is 183 g/mol. The Morgan fingerprint density at radius 3 is 2.54 bits per heavy atom. The van der Waals surface area contributed by atoms with Gasteiger partial charge in [0.2, 0.25) is 0 Å². The van der Waals surface area contributed by atoms with Crippen LogP contribution in [0.25, 0.3) is 0 Å². The van der Waals surface area contributed by atoms with Crippen LogP contribution in [0.1, 0.15) is 44.9 Å². The van der Waals surface area contributed by atoms with E-state index in [9.17, 15) is 5.11 Å². The molecule has 2 fully saturated rings. The zero-order valence-electron chi connectivity index (χ0n) is 8.34. The molecule has 0 aromatic rings. The van der Waals surface area contributed by atoms with Gasteiger partial charge in [0.25, 0.3) is 0 Å². The van der Waals surface area contributed by atoms with Crippen molar-refractivity contribution in [3.8, 4) is 0 Å². The Bertz CT molecular complexity index is 150. The van der Waals surface area contributed by atoms with E-state index >= 15 is 0 Å². The van der Waals surface area contributed by atoms with Crippen LogP contribution in [0.3, 0.4) is 0 Å². The van der Waals surface area contributed by atoms with Crippen LogP contribution in [0.2, 0.25) is 0 Å². The highest BCUT2D eigenvalue weighted by Gasteiger charge is 2.26. The number of piperidine rings is 1. The Hall–Kier alpha value is -0.0800. The lowest BCUT2D eigenvalue weighted by atomic mass is 9.79. The highest BCUT2D eigenvalue weighted by atomic mass is 16.3. The zero-order chi connectivity index (χ0) is 9.10. The van der Waals surface area contributed by atoms with Crippen LogP contribution in [0.15, 0.2) is 0 Å². The van der Waals surface area contributed by atoms with Gasteiger partial charge in [0.15, 0.2) is 0 Å². The van der Waals surface area contributed by atoms with E-state index in [0.29, 0.717) is 6.04 Å². The van der Waals surface area contributed by atoms with E-state index in [0.717, 1.165) is 18.9 Å². The molecule has 0 amide bonds. The first-order chi connectivity index (χ1) is 6.36. The van der Waals surface area contributed by atoms with E-state index < -0.39 is 0 Å². The Morgan fingerprint density at radius 2 is 2.00 bits per heavy atom. The quantitative estimate of drug-likeness (QED) is 0.697. The summed E-state index contributed by atoms with van der Waals surface area (Å²) in [6, 6.07) is 0.398. The molecule has 2 unspecified atom stereocenters. The highest BCUT2D eigenvalue weighted by Crippen LogP contribution is 2.31. The van der Waals surface area contributed by atoms with E-state index in [1.807, 2.05) is 0 Å². The van der Waals surface area contributed by atoms with Crippen LogP contribution in [0.5, 0.6) is 0 Å². The van der Waals surface area contributed by atoms with Crippen LogP contribution < -0.4 is 5.32 Å². The Kier molecular flexibility index (Phi) is 3.23. The van der Waals surface area contributed by atoms with Gasteiger partial charge in [0.05, 0.1) is 6.10 Å². The molecule has 0 aromatic carbocycles. The molecule has 2 N–H and O–H groups in total. The smallest absolute Gasteiger partial charge is 0.0695 e. The summed E-state index contributed by atoms with van der Waals surface area (Å²) in [7, 11) is 0. The Balaban J connectivity index is 1.70. The second kappa shape index (κ2) is 4.43. The summed E-state index contributed by atoms with van der Waals surface area (Å²) in [6.07, 6.45) is 8.80. The van der Waals surface area contributed by atoms with Crippen molar-refractivity contribution in [2.24, 2.45) is 5.92 Å². The summed E-state index contributed by atoms with van der Waals surface area (Å²) < 4.78 is 0. The summed E-state index contributed by atoms with van der Waals surface area (Å²) in [6.45, 7) is 1.10. The molecule has 1 heterocycles. The second-order valence-corrected chi connectivity index (χ2v) is 4.66. The largest absolute Gasteiger partial charge is 0.391 e. The minimum Gasteiger partial charge on any atom is -0.391 e.